The highest BCUT2D eigenvalue weighted by Gasteiger charge is 2.60. The molecule has 0 spiro atoms. The second-order valence-corrected chi connectivity index (χ2v) is 6.90. The molecule has 2 aliphatic carbocycles. The Balaban J connectivity index is 1.96. The molecule has 1 aliphatic heterocycles. The van der Waals surface area contributed by atoms with Gasteiger partial charge in [0.1, 0.15) is 11.9 Å². The molecule has 0 amide bonds. The third-order valence-corrected chi connectivity index (χ3v) is 6.07. The lowest BCUT2D eigenvalue weighted by atomic mass is 9.52. The van der Waals surface area contributed by atoms with Gasteiger partial charge in [0.15, 0.2) is 0 Å². The molecule has 3 fully saturated rings. The van der Waals surface area contributed by atoms with Crippen molar-refractivity contribution in [1.29, 1.82) is 0 Å². The quantitative estimate of drug-likeness (QED) is 0.676. The Bertz CT molecular complexity index is 430. The van der Waals surface area contributed by atoms with E-state index in [1.54, 1.807) is 0 Å². The molecule has 3 aliphatic rings. The zero-order chi connectivity index (χ0) is 13.9. The predicted molar refractivity (Wildman–Crippen MR) is 68.2 cm³/mol. The van der Waals surface area contributed by atoms with E-state index in [-0.39, 0.29) is 41.2 Å². The van der Waals surface area contributed by atoms with Crippen molar-refractivity contribution in [2.24, 2.45) is 29.1 Å². The van der Waals surface area contributed by atoms with Crippen LogP contribution in [0.3, 0.4) is 0 Å². The molecule has 19 heavy (non-hydrogen) atoms. The summed E-state index contributed by atoms with van der Waals surface area (Å²) < 4.78 is 5.39. The van der Waals surface area contributed by atoms with E-state index in [2.05, 4.69) is 6.92 Å². The van der Waals surface area contributed by atoms with E-state index >= 15 is 0 Å². The lowest BCUT2D eigenvalue weighted by Crippen LogP contribution is -2.58. The topological polar surface area (TPSA) is 63.6 Å². The fourth-order valence-electron chi connectivity index (χ4n) is 4.54. The summed E-state index contributed by atoms with van der Waals surface area (Å²) in [5.74, 6) is 0.155. The summed E-state index contributed by atoms with van der Waals surface area (Å²) in [6.07, 6.45) is 1.05. The SMILES string of the molecule is CC1C(=O)O[C@H]2[C@H]1C[C@@H]1[C@H](C)C(=O)CC[C@@]1(C)[C@H]2O. The number of hydrogen-bond acceptors (Lipinski definition) is 4. The van der Waals surface area contributed by atoms with Gasteiger partial charge in [-0.1, -0.05) is 20.8 Å². The zero-order valence-corrected chi connectivity index (χ0v) is 11.8. The Labute approximate surface area is 113 Å². The van der Waals surface area contributed by atoms with Gasteiger partial charge >= 0.3 is 5.97 Å². The molecule has 4 heteroatoms. The van der Waals surface area contributed by atoms with Crippen molar-refractivity contribution in [3.8, 4) is 0 Å². The van der Waals surface area contributed by atoms with Crippen molar-refractivity contribution in [1.82, 2.24) is 0 Å². The maximum Gasteiger partial charge on any atom is 0.309 e. The maximum atomic E-state index is 12.0. The first-order chi connectivity index (χ1) is 8.86. The summed E-state index contributed by atoms with van der Waals surface area (Å²) in [4.78, 5) is 23.7. The van der Waals surface area contributed by atoms with E-state index in [9.17, 15) is 14.7 Å². The average Bonchev–Trinajstić information content (AvgIpc) is 2.66. The Morgan fingerprint density at radius 1 is 1.26 bits per heavy atom. The fourth-order valence-corrected chi connectivity index (χ4v) is 4.54. The molecule has 0 aromatic heterocycles. The van der Waals surface area contributed by atoms with Gasteiger partial charge in [0.2, 0.25) is 0 Å². The van der Waals surface area contributed by atoms with Gasteiger partial charge in [0, 0.05) is 23.7 Å². The molecule has 3 rings (SSSR count). The number of Topliss-reactive ketones (excluding diaryl/α,β-unsaturated/α-hetero) is 1. The van der Waals surface area contributed by atoms with Crippen LogP contribution in [-0.2, 0) is 14.3 Å². The number of carbonyl (C=O) groups excluding carboxylic acids is 2. The smallest absolute Gasteiger partial charge is 0.309 e. The standard InChI is InChI=1S/C15H22O4/c1-7-9-6-10-8(2)11(16)4-5-15(10,3)13(17)12(9)19-14(7)18/h7-10,12-13,17H,4-6H2,1-3H3/t7?,8-,9-,10+,12-,13-,15+/m0/s1. The summed E-state index contributed by atoms with van der Waals surface area (Å²) in [6, 6.07) is 0. The van der Waals surface area contributed by atoms with Crippen LogP contribution in [-0.4, -0.2) is 29.1 Å². The molecule has 1 unspecified atom stereocenters. The number of ether oxygens (including phenoxy) is 1. The summed E-state index contributed by atoms with van der Waals surface area (Å²) in [7, 11) is 0. The molecule has 0 bridgehead atoms. The number of aliphatic hydroxyl groups excluding tert-OH is 1. The fraction of sp³-hybridized carbons (Fsp3) is 0.867. The highest BCUT2D eigenvalue weighted by atomic mass is 16.6. The van der Waals surface area contributed by atoms with Gasteiger partial charge in [-0.2, -0.15) is 0 Å². The summed E-state index contributed by atoms with van der Waals surface area (Å²) >= 11 is 0. The van der Waals surface area contributed by atoms with E-state index in [0.29, 0.717) is 18.6 Å². The Morgan fingerprint density at radius 3 is 2.63 bits per heavy atom. The van der Waals surface area contributed by atoms with Crippen LogP contribution in [0.1, 0.15) is 40.0 Å². The first kappa shape index (κ1) is 13.1. The minimum Gasteiger partial charge on any atom is -0.459 e. The lowest BCUT2D eigenvalue weighted by Gasteiger charge is -2.53. The Morgan fingerprint density at radius 2 is 1.95 bits per heavy atom. The van der Waals surface area contributed by atoms with Gasteiger partial charge in [0.05, 0.1) is 12.0 Å². The number of hydrogen-bond donors (Lipinski definition) is 1. The molecule has 0 aromatic rings. The van der Waals surface area contributed by atoms with Crippen molar-refractivity contribution in [2.45, 2.75) is 52.2 Å². The van der Waals surface area contributed by atoms with E-state index in [1.807, 2.05) is 13.8 Å². The molecule has 1 heterocycles. The summed E-state index contributed by atoms with van der Waals surface area (Å²) in [6.45, 7) is 5.90. The minimum absolute atomic E-state index is 0.0164. The molecule has 0 aromatic carbocycles. The van der Waals surface area contributed by atoms with Crippen LogP contribution < -0.4 is 0 Å². The average molecular weight is 266 g/mol. The van der Waals surface area contributed by atoms with Gasteiger partial charge in [-0.3, -0.25) is 9.59 Å². The third kappa shape index (κ3) is 1.62. The summed E-state index contributed by atoms with van der Waals surface area (Å²) in [5, 5.41) is 10.7. The molecule has 0 radical (unpaired) electrons. The zero-order valence-electron chi connectivity index (χ0n) is 11.8. The van der Waals surface area contributed by atoms with E-state index in [4.69, 9.17) is 4.74 Å². The molecule has 1 saturated heterocycles. The molecule has 4 nitrogen and oxygen atoms in total. The Kier molecular flexibility index (Phi) is 2.79. The summed E-state index contributed by atoms with van der Waals surface area (Å²) in [5.41, 5.74) is -0.293. The molecule has 7 atom stereocenters. The number of aliphatic hydroxyl groups is 1. The van der Waals surface area contributed by atoms with Gasteiger partial charge in [-0.05, 0) is 18.8 Å². The third-order valence-electron chi connectivity index (χ3n) is 6.07. The lowest BCUT2D eigenvalue weighted by molar-refractivity contribution is -0.175. The van der Waals surface area contributed by atoms with E-state index < -0.39 is 6.10 Å². The van der Waals surface area contributed by atoms with Gasteiger partial charge < -0.3 is 9.84 Å². The van der Waals surface area contributed by atoms with Crippen LogP contribution >= 0.6 is 0 Å². The van der Waals surface area contributed by atoms with Crippen molar-refractivity contribution < 1.29 is 19.4 Å². The molecule has 2 saturated carbocycles. The van der Waals surface area contributed by atoms with Crippen molar-refractivity contribution in [3.63, 3.8) is 0 Å². The minimum atomic E-state index is -0.638. The van der Waals surface area contributed by atoms with Crippen LogP contribution in [0.25, 0.3) is 0 Å². The van der Waals surface area contributed by atoms with E-state index in [1.165, 1.54) is 0 Å². The molecular formula is C15H22O4. The van der Waals surface area contributed by atoms with Crippen LogP contribution in [0.15, 0.2) is 0 Å². The highest BCUT2D eigenvalue weighted by molar-refractivity contribution is 5.82. The van der Waals surface area contributed by atoms with Crippen LogP contribution in [0, 0.1) is 29.1 Å². The van der Waals surface area contributed by atoms with Crippen molar-refractivity contribution >= 4 is 11.8 Å². The van der Waals surface area contributed by atoms with Crippen LogP contribution in [0.5, 0.6) is 0 Å². The predicted octanol–water partition coefficient (Wildman–Crippen LogP) is 1.55. The number of rotatable bonds is 0. The number of fused-ring (bicyclic) bond motifs is 2. The van der Waals surface area contributed by atoms with Crippen LogP contribution in [0.4, 0.5) is 0 Å². The first-order valence-electron chi connectivity index (χ1n) is 7.27. The first-order valence-corrected chi connectivity index (χ1v) is 7.27. The van der Waals surface area contributed by atoms with E-state index in [0.717, 1.165) is 6.42 Å². The number of carbonyl (C=O) groups is 2. The number of ketones is 1. The van der Waals surface area contributed by atoms with Crippen molar-refractivity contribution in [2.75, 3.05) is 0 Å². The largest absolute Gasteiger partial charge is 0.459 e. The molecule has 1 N–H and O–H groups in total. The Hall–Kier alpha value is -0.900. The number of esters is 1. The van der Waals surface area contributed by atoms with Gasteiger partial charge in [-0.25, -0.2) is 0 Å². The molecule has 106 valence electrons. The van der Waals surface area contributed by atoms with Gasteiger partial charge in [0.25, 0.3) is 0 Å². The van der Waals surface area contributed by atoms with Gasteiger partial charge in [-0.15, -0.1) is 0 Å². The maximum absolute atomic E-state index is 12.0. The molecular weight excluding hydrogens is 244 g/mol. The second kappa shape index (κ2) is 4.05. The second-order valence-electron chi connectivity index (χ2n) is 6.90. The normalized spacial score (nSPS) is 53.5. The monoisotopic (exact) mass is 266 g/mol. The van der Waals surface area contributed by atoms with Crippen molar-refractivity contribution in [3.05, 3.63) is 0 Å². The highest BCUT2D eigenvalue weighted by Crippen LogP contribution is 2.56. The van der Waals surface area contributed by atoms with Crippen LogP contribution in [0.2, 0.25) is 0 Å².